The van der Waals surface area contributed by atoms with Crippen LogP contribution in [0.4, 0.5) is 0 Å². The molecule has 0 radical (unpaired) electrons. The molecule has 2 aliphatic heterocycles. The highest BCUT2D eigenvalue weighted by molar-refractivity contribution is 5.81. The van der Waals surface area contributed by atoms with Crippen LogP contribution < -0.4 is 10.1 Å². The molecule has 0 spiro atoms. The lowest BCUT2D eigenvalue weighted by Gasteiger charge is -2.36. The molecule has 1 aromatic carbocycles. The highest BCUT2D eigenvalue weighted by Crippen LogP contribution is 2.27. The van der Waals surface area contributed by atoms with Crippen LogP contribution in [0.1, 0.15) is 37.7 Å². The molecule has 1 aliphatic carbocycles. The molecule has 0 unspecified atom stereocenters. The molecule has 2 saturated heterocycles. The van der Waals surface area contributed by atoms with E-state index < -0.39 is 0 Å². The molecular weight excluding hydrogens is 380 g/mol. The van der Waals surface area contributed by atoms with Crippen LogP contribution in [0.5, 0.6) is 5.75 Å². The van der Waals surface area contributed by atoms with Gasteiger partial charge in [-0.15, -0.1) is 0 Å². The van der Waals surface area contributed by atoms with Crippen molar-refractivity contribution in [1.82, 2.24) is 15.1 Å². The summed E-state index contributed by atoms with van der Waals surface area (Å²) in [6, 6.07) is 8.25. The van der Waals surface area contributed by atoms with Gasteiger partial charge in [-0.05, 0) is 38.2 Å². The summed E-state index contributed by atoms with van der Waals surface area (Å²) in [4.78, 5) is 21.5. The van der Waals surface area contributed by atoms with Crippen molar-refractivity contribution < 1.29 is 14.3 Å². The first-order valence-electron chi connectivity index (χ1n) is 11.3. The zero-order chi connectivity index (χ0) is 20.8. The van der Waals surface area contributed by atoms with Crippen molar-refractivity contribution in [3.63, 3.8) is 0 Å². The number of hydrogen-bond acceptors (Lipinski definition) is 4. The number of nitrogens with one attached hydrogen (secondary N) is 1. The number of piperidine rings is 1. The quantitative estimate of drug-likeness (QED) is 0.591. The lowest BCUT2D eigenvalue weighted by Crippen LogP contribution is -2.49. The summed E-state index contributed by atoms with van der Waals surface area (Å²) >= 11 is 0. The fraction of sp³-hybridized carbons (Fsp3) is 0.652. The van der Waals surface area contributed by atoms with Gasteiger partial charge in [-0.3, -0.25) is 9.79 Å². The number of ether oxygens (including phenoxy) is 2. The van der Waals surface area contributed by atoms with Gasteiger partial charge in [-0.1, -0.05) is 18.2 Å². The Kier molecular flexibility index (Phi) is 7.10. The Bertz CT molecular complexity index is 736. The van der Waals surface area contributed by atoms with E-state index in [1.54, 1.807) is 0 Å². The zero-order valence-corrected chi connectivity index (χ0v) is 18.0. The van der Waals surface area contributed by atoms with Gasteiger partial charge in [0.15, 0.2) is 5.96 Å². The predicted octanol–water partition coefficient (Wildman–Crippen LogP) is 2.26. The van der Waals surface area contributed by atoms with Gasteiger partial charge in [0.2, 0.25) is 5.91 Å². The number of para-hydroxylation sites is 1. The fourth-order valence-corrected chi connectivity index (χ4v) is 4.32. The number of hydrogen-bond donors (Lipinski definition) is 1. The van der Waals surface area contributed by atoms with Crippen molar-refractivity contribution in [1.29, 1.82) is 0 Å². The summed E-state index contributed by atoms with van der Waals surface area (Å²) in [6.07, 6.45) is 5.69. The maximum atomic E-state index is 12.8. The number of guanidine groups is 1. The third kappa shape index (κ3) is 5.06. The first-order valence-corrected chi connectivity index (χ1v) is 11.3. The topological polar surface area (TPSA) is 66.4 Å². The highest BCUT2D eigenvalue weighted by Gasteiger charge is 2.30. The summed E-state index contributed by atoms with van der Waals surface area (Å²) in [5.41, 5.74) is 1.16. The summed E-state index contributed by atoms with van der Waals surface area (Å²) < 4.78 is 11.5. The number of amides is 1. The molecule has 3 fully saturated rings. The Morgan fingerprint density at radius 3 is 2.50 bits per heavy atom. The molecule has 4 rings (SSSR count). The lowest BCUT2D eigenvalue weighted by molar-refractivity contribution is -0.140. The Balaban J connectivity index is 1.28. The van der Waals surface area contributed by atoms with Crippen LogP contribution in [-0.2, 0) is 16.1 Å². The van der Waals surface area contributed by atoms with Crippen LogP contribution in [0, 0.1) is 5.92 Å². The van der Waals surface area contributed by atoms with E-state index in [0.29, 0.717) is 31.8 Å². The number of nitrogens with zero attached hydrogens (tertiary/aromatic N) is 3. The standard InChI is InChI=1S/C23H34N4O3/c1-24-23(25-17-19-5-2-3-8-21(19)30-20-6-4-7-20)27-11-9-18(10-12-27)22(28)26-13-15-29-16-14-26/h2-3,5,8,18,20H,4,6-7,9-17H2,1H3,(H,24,25). The second-order valence-electron chi connectivity index (χ2n) is 8.38. The van der Waals surface area contributed by atoms with Gasteiger partial charge in [0.1, 0.15) is 5.75 Å². The number of morpholine rings is 1. The number of rotatable bonds is 5. The van der Waals surface area contributed by atoms with Crippen LogP contribution >= 0.6 is 0 Å². The zero-order valence-electron chi connectivity index (χ0n) is 18.0. The molecule has 0 aromatic heterocycles. The van der Waals surface area contributed by atoms with Crippen molar-refractivity contribution in [3.8, 4) is 5.75 Å². The summed E-state index contributed by atoms with van der Waals surface area (Å²) in [5, 5.41) is 3.50. The number of carbonyl (C=O) groups is 1. The number of likely N-dealkylation sites (tertiary alicyclic amines) is 1. The van der Waals surface area contributed by atoms with E-state index in [-0.39, 0.29) is 5.92 Å². The van der Waals surface area contributed by atoms with Gasteiger partial charge in [0.05, 0.1) is 19.3 Å². The maximum Gasteiger partial charge on any atom is 0.225 e. The second kappa shape index (κ2) is 10.2. The lowest BCUT2D eigenvalue weighted by atomic mass is 9.95. The van der Waals surface area contributed by atoms with Gasteiger partial charge >= 0.3 is 0 Å². The van der Waals surface area contributed by atoms with Crippen molar-refractivity contribution in [2.24, 2.45) is 10.9 Å². The third-order valence-corrected chi connectivity index (χ3v) is 6.43. The molecule has 2 heterocycles. The molecule has 30 heavy (non-hydrogen) atoms. The van der Waals surface area contributed by atoms with Gasteiger partial charge in [-0.2, -0.15) is 0 Å². The second-order valence-corrected chi connectivity index (χ2v) is 8.38. The summed E-state index contributed by atoms with van der Waals surface area (Å²) in [5.74, 6) is 2.28. The van der Waals surface area contributed by atoms with E-state index in [1.165, 1.54) is 6.42 Å². The minimum absolute atomic E-state index is 0.119. The average Bonchev–Trinajstić information content (AvgIpc) is 2.78. The Labute approximate surface area is 179 Å². The van der Waals surface area contributed by atoms with Crippen molar-refractivity contribution >= 4 is 11.9 Å². The van der Waals surface area contributed by atoms with E-state index in [4.69, 9.17) is 9.47 Å². The van der Waals surface area contributed by atoms with Crippen molar-refractivity contribution in [3.05, 3.63) is 29.8 Å². The first-order chi connectivity index (χ1) is 14.7. The summed E-state index contributed by atoms with van der Waals surface area (Å²) in [7, 11) is 1.82. The van der Waals surface area contributed by atoms with Crippen molar-refractivity contribution in [2.75, 3.05) is 46.4 Å². The maximum absolute atomic E-state index is 12.8. The molecule has 0 bridgehead atoms. The number of aliphatic imine (C=N–C) groups is 1. The largest absolute Gasteiger partial charge is 0.490 e. The molecule has 0 atom stereocenters. The molecule has 3 aliphatic rings. The van der Waals surface area contributed by atoms with Crippen molar-refractivity contribution in [2.45, 2.75) is 44.8 Å². The minimum Gasteiger partial charge on any atom is -0.490 e. The SMILES string of the molecule is CN=C(NCc1ccccc1OC1CCC1)N1CCC(C(=O)N2CCOCC2)CC1. The van der Waals surface area contributed by atoms with Crippen LogP contribution in [0.25, 0.3) is 0 Å². The average molecular weight is 415 g/mol. The molecule has 164 valence electrons. The van der Waals surface area contributed by atoms with Gasteiger partial charge in [0.25, 0.3) is 0 Å². The van der Waals surface area contributed by atoms with Crippen LogP contribution in [0.15, 0.2) is 29.3 Å². The number of benzene rings is 1. The normalized spacial score (nSPS) is 21.3. The van der Waals surface area contributed by atoms with E-state index in [1.807, 2.05) is 18.0 Å². The highest BCUT2D eigenvalue weighted by atomic mass is 16.5. The molecule has 7 heteroatoms. The molecular formula is C23H34N4O3. The number of carbonyl (C=O) groups excluding carboxylic acids is 1. The molecule has 1 N–H and O–H groups in total. The third-order valence-electron chi connectivity index (χ3n) is 6.43. The Morgan fingerprint density at radius 2 is 1.83 bits per heavy atom. The minimum atomic E-state index is 0.119. The van der Waals surface area contributed by atoms with Gasteiger partial charge in [-0.25, -0.2) is 0 Å². The predicted molar refractivity (Wildman–Crippen MR) is 117 cm³/mol. The smallest absolute Gasteiger partial charge is 0.225 e. The molecule has 1 saturated carbocycles. The molecule has 1 aromatic rings. The fourth-order valence-electron chi connectivity index (χ4n) is 4.32. The Morgan fingerprint density at radius 1 is 1.10 bits per heavy atom. The van der Waals surface area contributed by atoms with Gasteiger partial charge in [0, 0.05) is 51.3 Å². The van der Waals surface area contributed by atoms with Crippen LogP contribution in [0.3, 0.4) is 0 Å². The molecule has 7 nitrogen and oxygen atoms in total. The monoisotopic (exact) mass is 414 g/mol. The molecule has 1 amide bonds. The van der Waals surface area contributed by atoms with Gasteiger partial charge < -0.3 is 24.6 Å². The van der Waals surface area contributed by atoms with Crippen LogP contribution in [-0.4, -0.2) is 74.2 Å². The van der Waals surface area contributed by atoms with E-state index in [9.17, 15) is 4.79 Å². The van der Waals surface area contributed by atoms with Crippen LogP contribution in [0.2, 0.25) is 0 Å². The Hall–Kier alpha value is -2.28. The first kappa shape index (κ1) is 21.0. The van der Waals surface area contributed by atoms with E-state index in [2.05, 4.69) is 33.4 Å². The summed E-state index contributed by atoms with van der Waals surface area (Å²) in [6.45, 7) is 5.15. The van der Waals surface area contributed by atoms with E-state index >= 15 is 0 Å². The van der Waals surface area contributed by atoms with E-state index in [0.717, 1.165) is 69.1 Å².